The average Bonchev–Trinajstić information content (AvgIpc) is 2.56. The Morgan fingerprint density at radius 2 is 2.04 bits per heavy atom. The Balaban J connectivity index is 1.81. The third-order valence-corrected chi connectivity index (χ3v) is 5.07. The minimum absolute atomic E-state index is 0.0119. The molecule has 0 spiro atoms. The van der Waals surface area contributed by atoms with Crippen LogP contribution in [0.4, 0.5) is 16.2 Å². The van der Waals surface area contributed by atoms with E-state index in [2.05, 4.69) is 5.32 Å². The van der Waals surface area contributed by atoms with E-state index in [0.717, 1.165) is 16.8 Å². The van der Waals surface area contributed by atoms with E-state index in [1.54, 1.807) is 11.0 Å². The number of nitrogens with zero attached hydrogens (tertiary/aromatic N) is 2. The number of non-ortho nitro benzene ring substituents is 1. The summed E-state index contributed by atoms with van der Waals surface area (Å²) < 4.78 is 6.20. The maximum absolute atomic E-state index is 12.9. The maximum atomic E-state index is 12.9. The molecule has 2 aromatic rings. The average molecular weight is 353 g/mol. The van der Waals surface area contributed by atoms with E-state index < -0.39 is 10.6 Å². The molecule has 0 unspecified atom stereocenters. The van der Waals surface area contributed by atoms with Crippen LogP contribution in [-0.2, 0) is 0 Å². The predicted molar refractivity (Wildman–Crippen MR) is 96.4 cm³/mol. The van der Waals surface area contributed by atoms with Crippen LogP contribution >= 0.6 is 0 Å². The minimum Gasteiger partial charge on any atom is -0.467 e. The van der Waals surface area contributed by atoms with Gasteiger partial charge in [0.05, 0.1) is 16.7 Å². The highest BCUT2D eigenvalue weighted by atomic mass is 16.6. The van der Waals surface area contributed by atoms with Gasteiger partial charge in [0, 0.05) is 24.1 Å². The molecule has 0 aliphatic carbocycles. The summed E-state index contributed by atoms with van der Waals surface area (Å²) in [5.74, 6) is 0.560. The zero-order valence-corrected chi connectivity index (χ0v) is 14.8. The first-order valence-electron chi connectivity index (χ1n) is 8.44. The van der Waals surface area contributed by atoms with Crippen LogP contribution < -0.4 is 15.0 Å². The second kappa shape index (κ2) is 5.45. The number of benzene rings is 2. The molecule has 1 saturated heterocycles. The number of anilines is 1. The molecule has 4 rings (SSSR count). The summed E-state index contributed by atoms with van der Waals surface area (Å²) in [6.45, 7) is 5.81. The minimum atomic E-state index is -0.866. The lowest BCUT2D eigenvalue weighted by atomic mass is 9.89. The lowest BCUT2D eigenvalue weighted by Gasteiger charge is -2.50. The molecule has 1 N–H and O–H groups in total. The van der Waals surface area contributed by atoms with Crippen molar-refractivity contribution in [1.82, 2.24) is 5.32 Å². The molecule has 2 amide bonds. The number of hydrogen-bond acceptors (Lipinski definition) is 4. The van der Waals surface area contributed by atoms with Crippen molar-refractivity contribution < 1.29 is 14.5 Å². The van der Waals surface area contributed by atoms with E-state index >= 15 is 0 Å². The number of ether oxygens (including phenoxy) is 1. The number of fused-ring (bicyclic) bond motifs is 4. The summed E-state index contributed by atoms with van der Waals surface area (Å²) in [6.07, 6.45) is 0.500. The Morgan fingerprint density at radius 3 is 2.77 bits per heavy atom. The molecule has 0 aromatic heterocycles. The molecule has 2 aliphatic rings. The van der Waals surface area contributed by atoms with Crippen molar-refractivity contribution in [3.63, 3.8) is 0 Å². The van der Waals surface area contributed by atoms with Crippen molar-refractivity contribution in [2.75, 3.05) is 4.90 Å². The zero-order chi connectivity index (χ0) is 18.6. The van der Waals surface area contributed by atoms with Gasteiger partial charge >= 0.3 is 6.03 Å². The van der Waals surface area contributed by atoms with Crippen molar-refractivity contribution in [3.05, 3.63) is 63.2 Å². The van der Waals surface area contributed by atoms with Crippen molar-refractivity contribution in [1.29, 1.82) is 0 Å². The number of hydrogen-bond donors (Lipinski definition) is 1. The van der Waals surface area contributed by atoms with Crippen LogP contribution in [-0.4, -0.2) is 16.7 Å². The van der Waals surface area contributed by atoms with E-state index in [1.165, 1.54) is 12.1 Å². The Morgan fingerprint density at radius 1 is 1.27 bits per heavy atom. The second-order valence-corrected chi connectivity index (χ2v) is 7.09. The summed E-state index contributed by atoms with van der Waals surface area (Å²) >= 11 is 0. The van der Waals surface area contributed by atoms with Crippen molar-refractivity contribution in [3.8, 4) is 5.75 Å². The molecule has 0 saturated carbocycles. The highest BCUT2D eigenvalue weighted by Gasteiger charge is 2.50. The van der Waals surface area contributed by atoms with Crippen LogP contribution in [0.15, 0.2) is 36.4 Å². The molecule has 134 valence electrons. The second-order valence-electron chi connectivity index (χ2n) is 7.09. The van der Waals surface area contributed by atoms with Crippen molar-refractivity contribution >= 4 is 17.4 Å². The van der Waals surface area contributed by atoms with Gasteiger partial charge < -0.3 is 10.1 Å². The van der Waals surface area contributed by atoms with Gasteiger partial charge in [-0.05, 0) is 44.0 Å². The number of nitro benzene ring substituents is 1. The Labute approximate surface area is 150 Å². The third kappa shape index (κ3) is 2.39. The zero-order valence-electron chi connectivity index (χ0n) is 14.8. The number of aryl methyl sites for hydroxylation is 2. The summed E-state index contributed by atoms with van der Waals surface area (Å²) in [7, 11) is 0. The first kappa shape index (κ1) is 16.4. The Bertz CT molecular complexity index is 942. The van der Waals surface area contributed by atoms with E-state index in [9.17, 15) is 14.9 Å². The predicted octanol–water partition coefficient (Wildman–Crippen LogP) is 3.98. The first-order valence-corrected chi connectivity index (χ1v) is 8.44. The van der Waals surface area contributed by atoms with Gasteiger partial charge in [0.2, 0.25) is 0 Å². The van der Waals surface area contributed by atoms with E-state index in [1.807, 2.05) is 39.0 Å². The van der Waals surface area contributed by atoms with Gasteiger partial charge in [-0.3, -0.25) is 15.0 Å². The van der Waals surface area contributed by atoms with Crippen molar-refractivity contribution in [2.45, 2.75) is 39.0 Å². The van der Waals surface area contributed by atoms with Gasteiger partial charge in [0.1, 0.15) is 5.75 Å². The van der Waals surface area contributed by atoms with Crippen LogP contribution in [0.3, 0.4) is 0 Å². The van der Waals surface area contributed by atoms with Gasteiger partial charge in [0.15, 0.2) is 5.72 Å². The van der Waals surface area contributed by atoms with Gasteiger partial charge in [0.25, 0.3) is 5.69 Å². The molecular formula is C19H19N3O4. The van der Waals surface area contributed by atoms with Crippen LogP contribution in [0.2, 0.25) is 0 Å². The third-order valence-electron chi connectivity index (χ3n) is 5.07. The van der Waals surface area contributed by atoms with Gasteiger partial charge in [-0.2, -0.15) is 0 Å². The Kier molecular flexibility index (Phi) is 3.44. The number of nitrogens with one attached hydrogen (secondary N) is 1. The van der Waals surface area contributed by atoms with E-state index in [4.69, 9.17) is 4.74 Å². The molecule has 2 heterocycles. The normalized spacial score (nSPS) is 23.7. The number of carbonyl (C=O) groups is 1. The number of carbonyl (C=O) groups excluding carboxylic acids is 1. The SMILES string of the molecule is Cc1ccc(C)c(N2C(=O)N[C@H]3C[C@@]2(C)Oc2ccc([N+](=O)[O-])cc23)c1. The van der Waals surface area contributed by atoms with Crippen molar-refractivity contribution in [2.24, 2.45) is 0 Å². The highest BCUT2D eigenvalue weighted by molar-refractivity contribution is 5.95. The lowest BCUT2D eigenvalue weighted by Crippen LogP contribution is -2.65. The monoisotopic (exact) mass is 353 g/mol. The van der Waals surface area contributed by atoms with E-state index in [-0.39, 0.29) is 17.8 Å². The fourth-order valence-electron chi connectivity index (χ4n) is 3.80. The van der Waals surface area contributed by atoms with Crippen LogP contribution in [0, 0.1) is 24.0 Å². The fraction of sp³-hybridized carbons (Fsp3) is 0.316. The number of amides is 2. The summed E-state index contributed by atoms with van der Waals surface area (Å²) in [6, 6.07) is 9.87. The largest absolute Gasteiger partial charge is 0.467 e. The van der Waals surface area contributed by atoms with Crippen LogP contribution in [0.5, 0.6) is 5.75 Å². The maximum Gasteiger partial charge on any atom is 0.325 e. The molecule has 1 fully saturated rings. The first-order chi connectivity index (χ1) is 12.3. The number of urea groups is 1. The smallest absolute Gasteiger partial charge is 0.325 e. The lowest BCUT2D eigenvalue weighted by molar-refractivity contribution is -0.385. The molecule has 2 aromatic carbocycles. The molecular weight excluding hydrogens is 334 g/mol. The quantitative estimate of drug-likeness (QED) is 0.654. The molecule has 26 heavy (non-hydrogen) atoms. The van der Waals surface area contributed by atoms with E-state index in [0.29, 0.717) is 17.7 Å². The topological polar surface area (TPSA) is 84.7 Å². The molecule has 2 atom stereocenters. The van der Waals surface area contributed by atoms with Gasteiger partial charge in [-0.15, -0.1) is 0 Å². The number of rotatable bonds is 2. The number of nitro groups is 1. The van der Waals surface area contributed by atoms with Gasteiger partial charge in [-0.1, -0.05) is 12.1 Å². The van der Waals surface area contributed by atoms with Crippen LogP contribution in [0.1, 0.15) is 36.1 Å². The molecule has 7 nitrogen and oxygen atoms in total. The van der Waals surface area contributed by atoms with Crippen LogP contribution in [0.25, 0.3) is 0 Å². The summed E-state index contributed by atoms with van der Waals surface area (Å²) in [5, 5.41) is 14.0. The highest BCUT2D eigenvalue weighted by Crippen LogP contribution is 2.47. The van der Waals surface area contributed by atoms with Gasteiger partial charge in [-0.25, -0.2) is 4.79 Å². The molecule has 7 heteroatoms. The fourth-order valence-corrected chi connectivity index (χ4v) is 3.80. The standard InChI is InChI=1S/C19H19N3O4/c1-11-4-5-12(2)16(8-11)21-18(23)20-15-10-19(21,3)26-17-7-6-13(22(24)25)9-14(15)17/h4-9,15H,10H2,1-3H3,(H,20,23)/t15-,19+/m0/s1. The molecule has 2 aliphatic heterocycles. The molecule has 2 bridgehead atoms. The Hall–Kier alpha value is -3.09. The molecule has 0 radical (unpaired) electrons. The summed E-state index contributed by atoms with van der Waals surface area (Å²) in [5.41, 5.74) is 2.59. The summed E-state index contributed by atoms with van der Waals surface area (Å²) in [4.78, 5) is 25.2.